The molecule has 22 heavy (non-hydrogen) atoms. The van der Waals surface area contributed by atoms with Crippen molar-refractivity contribution in [1.82, 2.24) is 0 Å². The molecule has 1 aliphatic heterocycles. The fourth-order valence-corrected chi connectivity index (χ4v) is 2.71. The number of nitrogens with two attached hydrogens (primary N) is 1. The number of nitrogens with zero attached hydrogens (tertiary/aromatic N) is 1. The van der Waals surface area contributed by atoms with Gasteiger partial charge in [-0.05, 0) is 35.4 Å². The van der Waals surface area contributed by atoms with Gasteiger partial charge >= 0.3 is 0 Å². The first kappa shape index (κ1) is 14.1. The molecule has 2 N–H and O–H groups in total. The van der Waals surface area contributed by atoms with Crippen molar-refractivity contribution in [2.24, 2.45) is 5.73 Å². The van der Waals surface area contributed by atoms with Crippen LogP contribution in [0.3, 0.4) is 0 Å². The monoisotopic (exact) mass is 296 g/mol. The van der Waals surface area contributed by atoms with E-state index in [1.54, 1.807) is 24.1 Å². The van der Waals surface area contributed by atoms with Crippen LogP contribution in [-0.2, 0) is 17.8 Å². The molecule has 2 aromatic carbocycles. The number of amides is 2. The number of benzene rings is 2. The first-order chi connectivity index (χ1) is 10.6. The first-order valence-electron chi connectivity index (χ1n) is 6.95. The van der Waals surface area contributed by atoms with E-state index < -0.39 is 5.91 Å². The van der Waals surface area contributed by atoms with E-state index in [1.165, 1.54) is 0 Å². The molecule has 0 fully saturated rings. The summed E-state index contributed by atoms with van der Waals surface area (Å²) < 4.78 is 5.13. The second-order valence-corrected chi connectivity index (χ2v) is 5.17. The Morgan fingerprint density at radius 2 is 1.95 bits per heavy atom. The summed E-state index contributed by atoms with van der Waals surface area (Å²) in [5.74, 6) is 0.239. The lowest BCUT2D eigenvalue weighted by atomic mass is 10.0. The number of methoxy groups -OCH3 is 1. The van der Waals surface area contributed by atoms with E-state index in [2.05, 4.69) is 0 Å². The maximum atomic E-state index is 12.3. The maximum absolute atomic E-state index is 12.3. The Morgan fingerprint density at radius 1 is 1.23 bits per heavy atom. The maximum Gasteiger partial charge on any atom is 0.249 e. The van der Waals surface area contributed by atoms with E-state index in [-0.39, 0.29) is 12.3 Å². The highest BCUT2D eigenvalue weighted by Gasteiger charge is 2.30. The minimum atomic E-state index is -0.504. The van der Waals surface area contributed by atoms with E-state index in [0.717, 1.165) is 17.0 Å². The van der Waals surface area contributed by atoms with Crippen molar-refractivity contribution in [2.75, 3.05) is 12.0 Å². The highest BCUT2D eigenvalue weighted by Crippen LogP contribution is 2.32. The van der Waals surface area contributed by atoms with Gasteiger partial charge in [0.2, 0.25) is 11.8 Å². The molecule has 3 rings (SSSR count). The first-order valence-corrected chi connectivity index (χ1v) is 6.95. The number of hydrogen-bond acceptors (Lipinski definition) is 3. The molecule has 0 radical (unpaired) electrons. The smallest absolute Gasteiger partial charge is 0.249 e. The van der Waals surface area contributed by atoms with Gasteiger partial charge in [0, 0.05) is 11.3 Å². The van der Waals surface area contributed by atoms with Crippen LogP contribution >= 0.6 is 0 Å². The molecule has 1 heterocycles. The van der Waals surface area contributed by atoms with Gasteiger partial charge in [0.1, 0.15) is 5.75 Å². The van der Waals surface area contributed by atoms with Crippen LogP contribution in [0.1, 0.15) is 21.5 Å². The average Bonchev–Trinajstić information content (AvgIpc) is 2.84. The summed E-state index contributed by atoms with van der Waals surface area (Å²) in [6.07, 6.45) is 0.213. The zero-order valence-corrected chi connectivity index (χ0v) is 12.2. The second-order valence-electron chi connectivity index (χ2n) is 5.17. The standard InChI is InChI=1S/C17H16N2O3/c1-22-12-7-5-11(6-8-12)10-19-15-4-2-3-13(17(18)21)14(15)9-16(19)20/h2-8H,9-10H2,1H3,(H2,18,21). The Bertz CT molecular complexity index is 738. The van der Waals surface area contributed by atoms with Gasteiger partial charge in [-0.25, -0.2) is 0 Å². The molecular formula is C17H16N2O3. The summed E-state index contributed by atoms with van der Waals surface area (Å²) in [4.78, 5) is 25.4. The van der Waals surface area contributed by atoms with Gasteiger partial charge in [-0.2, -0.15) is 0 Å². The number of carbonyl (C=O) groups excluding carboxylic acids is 2. The van der Waals surface area contributed by atoms with Gasteiger partial charge in [0.05, 0.1) is 20.1 Å². The van der Waals surface area contributed by atoms with E-state index >= 15 is 0 Å². The molecule has 0 spiro atoms. The predicted molar refractivity (Wildman–Crippen MR) is 82.8 cm³/mol. The summed E-state index contributed by atoms with van der Waals surface area (Å²) in [7, 11) is 1.61. The van der Waals surface area contributed by atoms with Crippen LogP contribution in [0.2, 0.25) is 0 Å². The third-order valence-corrected chi connectivity index (χ3v) is 3.84. The van der Waals surface area contributed by atoms with Crippen molar-refractivity contribution in [3.63, 3.8) is 0 Å². The topological polar surface area (TPSA) is 72.6 Å². The van der Waals surface area contributed by atoms with Gasteiger partial charge in [-0.15, -0.1) is 0 Å². The number of carbonyl (C=O) groups is 2. The van der Waals surface area contributed by atoms with Crippen LogP contribution in [0.5, 0.6) is 5.75 Å². The lowest BCUT2D eigenvalue weighted by molar-refractivity contribution is -0.117. The molecule has 0 bridgehead atoms. The fourth-order valence-electron chi connectivity index (χ4n) is 2.71. The molecule has 2 amide bonds. The van der Waals surface area contributed by atoms with Crippen LogP contribution < -0.4 is 15.4 Å². The molecule has 0 aliphatic carbocycles. The summed E-state index contributed by atoms with van der Waals surface area (Å²) >= 11 is 0. The van der Waals surface area contributed by atoms with Crippen molar-refractivity contribution in [2.45, 2.75) is 13.0 Å². The van der Waals surface area contributed by atoms with Crippen LogP contribution in [0.25, 0.3) is 0 Å². The van der Waals surface area contributed by atoms with Gasteiger partial charge in [-0.1, -0.05) is 18.2 Å². The Labute approximate surface area is 128 Å². The SMILES string of the molecule is COc1ccc(CN2C(=O)Cc3c(C(N)=O)cccc32)cc1. The second kappa shape index (κ2) is 5.52. The lowest BCUT2D eigenvalue weighted by Gasteiger charge is -2.18. The van der Waals surface area contributed by atoms with Crippen molar-refractivity contribution >= 4 is 17.5 Å². The quantitative estimate of drug-likeness (QED) is 0.936. The Balaban J connectivity index is 1.91. The van der Waals surface area contributed by atoms with Crippen molar-refractivity contribution in [3.05, 3.63) is 59.2 Å². The minimum absolute atomic E-state index is 0.0282. The van der Waals surface area contributed by atoms with E-state index in [0.29, 0.717) is 17.7 Å². The fraction of sp³-hybridized carbons (Fsp3) is 0.176. The predicted octanol–water partition coefficient (Wildman–Crippen LogP) is 1.88. The van der Waals surface area contributed by atoms with E-state index in [1.807, 2.05) is 30.3 Å². The molecule has 0 saturated carbocycles. The highest BCUT2D eigenvalue weighted by molar-refractivity contribution is 6.06. The van der Waals surface area contributed by atoms with Gasteiger partial charge in [0.25, 0.3) is 0 Å². The molecular weight excluding hydrogens is 280 g/mol. The molecule has 0 atom stereocenters. The number of rotatable bonds is 4. The molecule has 5 nitrogen and oxygen atoms in total. The largest absolute Gasteiger partial charge is 0.497 e. The summed E-state index contributed by atoms with van der Waals surface area (Å²) in [5.41, 5.74) is 8.27. The number of fused-ring (bicyclic) bond motifs is 1. The van der Waals surface area contributed by atoms with E-state index in [4.69, 9.17) is 10.5 Å². The third kappa shape index (κ3) is 2.41. The molecule has 0 unspecified atom stereocenters. The molecule has 112 valence electrons. The highest BCUT2D eigenvalue weighted by atomic mass is 16.5. The van der Waals surface area contributed by atoms with Crippen molar-refractivity contribution in [1.29, 1.82) is 0 Å². The minimum Gasteiger partial charge on any atom is -0.497 e. The summed E-state index contributed by atoms with van der Waals surface area (Å²) in [5, 5.41) is 0. The Morgan fingerprint density at radius 3 is 2.59 bits per heavy atom. The average molecular weight is 296 g/mol. The lowest BCUT2D eigenvalue weighted by Crippen LogP contribution is -2.25. The number of anilines is 1. The molecule has 2 aromatic rings. The number of primary amides is 1. The summed E-state index contributed by atoms with van der Waals surface area (Å²) in [6, 6.07) is 12.8. The van der Waals surface area contributed by atoms with Crippen molar-refractivity contribution in [3.8, 4) is 5.75 Å². The number of hydrogen-bond donors (Lipinski definition) is 1. The number of ether oxygens (including phenoxy) is 1. The zero-order valence-electron chi connectivity index (χ0n) is 12.2. The van der Waals surface area contributed by atoms with Gasteiger partial charge in [-0.3, -0.25) is 9.59 Å². The Hall–Kier alpha value is -2.82. The van der Waals surface area contributed by atoms with Gasteiger partial charge in [0.15, 0.2) is 0 Å². The van der Waals surface area contributed by atoms with Crippen LogP contribution in [-0.4, -0.2) is 18.9 Å². The van der Waals surface area contributed by atoms with Crippen LogP contribution in [0.4, 0.5) is 5.69 Å². The van der Waals surface area contributed by atoms with Crippen LogP contribution in [0.15, 0.2) is 42.5 Å². The van der Waals surface area contributed by atoms with E-state index in [9.17, 15) is 9.59 Å². The summed E-state index contributed by atoms with van der Waals surface area (Å²) in [6.45, 7) is 0.456. The molecule has 0 aromatic heterocycles. The zero-order chi connectivity index (χ0) is 15.7. The molecule has 0 saturated heterocycles. The third-order valence-electron chi connectivity index (χ3n) is 3.84. The van der Waals surface area contributed by atoms with Crippen LogP contribution in [0, 0.1) is 0 Å². The molecule has 1 aliphatic rings. The normalized spacial score (nSPS) is 13.1. The van der Waals surface area contributed by atoms with Crippen molar-refractivity contribution < 1.29 is 14.3 Å². The molecule has 5 heteroatoms. The Kier molecular flexibility index (Phi) is 3.55. The van der Waals surface area contributed by atoms with Gasteiger partial charge < -0.3 is 15.4 Å².